The predicted molar refractivity (Wildman–Crippen MR) is 121 cm³/mol. The Labute approximate surface area is 178 Å². The van der Waals surface area contributed by atoms with Gasteiger partial charge in [-0.3, -0.25) is 4.79 Å². The lowest BCUT2D eigenvalue weighted by molar-refractivity contribution is 0.0954. The van der Waals surface area contributed by atoms with Crippen LogP contribution in [0, 0.1) is 6.92 Å². The van der Waals surface area contributed by atoms with E-state index in [9.17, 15) is 4.79 Å². The van der Waals surface area contributed by atoms with Crippen LogP contribution in [0.2, 0.25) is 0 Å². The number of carbonyl (C=O) groups excluding carboxylic acids is 1. The van der Waals surface area contributed by atoms with Gasteiger partial charge >= 0.3 is 0 Å². The Morgan fingerprint density at radius 3 is 2.59 bits per heavy atom. The maximum atomic E-state index is 12.3. The van der Waals surface area contributed by atoms with Crippen LogP contribution in [0.25, 0.3) is 10.9 Å². The van der Waals surface area contributed by atoms with Crippen LogP contribution in [0.1, 0.15) is 27.0 Å². The Morgan fingerprint density at radius 1 is 1.03 bits per heavy atom. The van der Waals surface area contributed by atoms with Gasteiger partial charge in [-0.15, -0.1) is 0 Å². The van der Waals surface area contributed by atoms with Gasteiger partial charge in [-0.2, -0.15) is 5.10 Å². The number of aryl methyl sites for hydroxylation is 1. The predicted octanol–water partition coefficient (Wildman–Crippen LogP) is 5.52. The monoisotopic (exact) mass is 445 g/mol. The number of carbonyl (C=O) groups is 1. The van der Waals surface area contributed by atoms with E-state index in [-0.39, 0.29) is 5.91 Å². The number of fused-ring (bicyclic) bond motifs is 1. The van der Waals surface area contributed by atoms with Crippen LogP contribution in [-0.2, 0) is 6.54 Å². The normalized spacial score (nSPS) is 11.2. The highest BCUT2D eigenvalue weighted by Gasteiger charge is 2.10. The average Bonchev–Trinajstić information content (AvgIpc) is 3.08. The van der Waals surface area contributed by atoms with E-state index in [1.807, 2.05) is 30.3 Å². The number of hydrazone groups is 1. The summed E-state index contributed by atoms with van der Waals surface area (Å²) in [6.07, 6.45) is 3.77. The molecule has 1 aromatic heterocycles. The fraction of sp³-hybridized carbons (Fsp3) is 0.0833. The molecule has 4 rings (SSSR count). The lowest BCUT2D eigenvalue weighted by Crippen LogP contribution is -2.18. The summed E-state index contributed by atoms with van der Waals surface area (Å²) in [5, 5.41) is 5.29. The molecule has 3 aromatic carbocycles. The second-order valence-corrected chi connectivity index (χ2v) is 7.69. The molecule has 0 spiro atoms. The molecule has 5 heteroatoms. The number of amides is 1. The zero-order valence-corrected chi connectivity index (χ0v) is 17.6. The first-order valence-electron chi connectivity index (χ1n) is 9.34. The third-order valence-electron chi connectivity index (χ3n) is 4.91. The first-order chi connectivity index (χ1) is 14.1. The molecule has 4 aromatic rings. The summed E-state index contributed by atoms with van der Waals surface area (Å²) in [7, 11) is 0. The van der Waals surface area contributed by atoms with Crippen molar-refractivity contribution in [2.75, 3.05) is 0 Å². The Bertz CT molecular complexity index is 1210. The molecule has 1 heterocycles. The number of para-hydroxylation sites is 1. The van der Waals surface area contributed by atoms with Crippen LogP contribution < -0.4 is 5.43 Å². The Hall–Kier alpha value is -3.18. The molecule has 0 fully saturated rings. The van der Waals surface area contributed by atoms with Gasteiger partial charge in [0.25, 0.3) is 5.91 Å². The molecule has 0 aliphatic rings. The van der Waals surface area contributed by atoms with Gasteiger partial charge in [-0.25, -0.2) is 5.43 Å². The van der Waals surface area contributed by atoms with Crippen LogP contribution in [0.5, 0.6) is 0 Å². The van der Waals surface area contributed by atoms with Crippen molar-refractivity contribution in [1.29, 1.82) is 0 Å². The first kappa shape index (κ1) is 19.2. The van der Waals surface area contributed by atoms with Gasteiger partial charge < -0.3 is 4.57 Å². The fourth-order valence-electron chi connectivity index (χ4n) is 3.35. The lowest BCUT2D eigenvalue weighted by Gasteiger charge is -2.08. The zero-order valence-electron chi connectivity index (χ0n) is 16.0. The largest absolute Gasteiger partial charge is 0.342 e. The van der Waals surface area contributed by atoms with Crippen LogP contribution in [-0.4, -0.2) is 16.7 Å². The Kier molecular flexibility index (Phi) is 5.58. The number of hydrogen-bond acceptors (Lipinski definition) is 2. The molecular weight excluding hydrogens is 426 g/mol. The van der Waals surface area contributed by atoms with E-state index in [0.29, 0.717) is 5.56 Å². The lowest BCUT2D eigenvalue weighted by atomic mass is 10.1. The summed E-state index contributed by atoms with van der Waals surface area (Å²) in [6, 6.07) is 23.9. The number of benzene rings is 3. The maximum Gasteiger partial charge on any atom is 0.272 e. The Balaban J connectivity index is 1.59. The second-order valence-electron chi connectivity index (χ2n) is 6.83. The van der Waals surface area contributed by atoms with Crippen LogP contribution in [0.4, 0.5) is 0 Å². The zero-order chi connectivity index (χ0) is 20.2. The third-order valence-corrected chi connectivity index (χ3v) is 5.60. The number of halogens is 1. The van der Waals surface area contributed by atoms with Crippen LogP contribution in [0.15, 0.2) is 88.6 Å². The van der Waals surface area contributed by atoms with Crippen molar-refractivity contribution in [3.8, 4) is 0 Å². The maximum absolute atomic E-state index is 12.3. The molecule has 0 aliphatic heterocycles. The fourth-order valence-corrected chi connectivity index (χ4v) is 3.81. The molecule has 29 heavy (non-hydrogen) atoms. The molecule has 0 saturated heterocycles. The van der Waals surface area contributed by atoms with Gasteiger partial charge in [0.15, 0.2) is 0 Å². The van der Waals surface area contributed by atoms with E-state index in [1.165, 1.54) is 11.1 Å². The van der Waals surface area contributed by atoms with E-state index in [1.54, 1.807) is 12.3 Å². The van der Waals surface area contributed by atoms with Crippen molar-refractivity contribution < 1.29 is 4.79 Å². The molecule has 1 amide bonds. The van der Waals surface area contributed by atoms with E-state index >= 15 is 0 Å². The minimum absolute atomic E-state index is 0.252. The number of nitrogens with zero attached hydrogens (tertiary/aromatic N) is 2. The topological polar surface area (TPSA) is 46.4 Å². The van der Waals surface area contributed by atoms with Gasteiger partial charge in [-0.1, -0.05) is 54.6 Å². The van der Waals surface area contributed by atoms with Crippen molar-refractivity contribution in [2.24, 2.45) is 5.10 Å². The van der Waals surface area contributed by atoms with E-state index in [2.05, 4.69) is 80.5 Å². The summed E-state index contributed by atoms with van der Waals surface area (Å²) in [4.78, 5) is 12.3. The van der Waals surface area contributed by atoms with Crippen LogP contribution in [0.3, 0.4) is 0 Å². The summed E-state index contributed by atoms with van der Waals surface area (Å²) >= 11 is 3.39. The van der Waals surface area contributed by atoms with Crippen molar-refractivity contribution in [2.45, 2.75) is 13.5 Å². The molecular formula is C24H20BrN3O. The third kappa shape index (κ3) is 4.15. The number of nitrogens with one attached hydrogen (secondary N) is 1. The smallest absolute Gasteiger partial charge is 0.272 e. The van der Waals surface area contributed by atoms with Gasteiger partial charge in [0.2, 0.25) is 0 Å². The molecule has 0 atom stereocenters. The standard InChI is InChI=1S/C24H20BrN3O/c1-17-8-2-3-9-18(17)15-28-16-19(20-10-5-7-13-23(20)28)14-26-27-24(29)21-11-4-6-12-22(21)25/h2-14,16H,15H2,1H3,(H,27,29)/b26-14-. The minimum atomic E-state index is -0.252. The summed E-state index contributed by atoms with van der Waals surface area (Å²) in [6.45, 7) is 2.91. The summed E-state index contributed by atoms with van der Waals surface area (Å²) in [5.74, 6) is -0.252. The number of hydrogen-bond donors (Lipinski definition) is 1. The van der Waals surface area contributed by atoms with Gasteiger partial charge in [0.05, 0.1) is 11.8 Å². The minimum Gasteiger partial charge on any atom is -0.342 e. The molecule has 0 saturated carbocycles. The van der Waals surface area contributed by atoms with Gasteiger partial charge in [-0.05, 0) is 52.2 Å². The van der Waals surface area contributed by atoms with Crippen molar-refractivity contribution in [3.05, 3.63) is 106 Å². The van der Waals surface area contributed by atoms with E-state index in [0.717, 1.165) is 27.5 Å². The van der Waals surface area contributed by atoms with Gasteiger partial charge in [0.1, 0.15) is 0 Å². The highest BCUT2D eigenvalue weighted by atomic mass is 79.9. The SMILES string of the molecule is Cc1ccccc1Cn1cc(/C=N\NC(=O)c2ccccc2Br)c2ccccc21. The van der Waals surface area contributed by atoms with E-state index < -0.39 is 0 Å². The Morgan fingerprint density at radius 2 is 1.76 bits per heavy atom. The highest BCUT2D eigenvalue weighted by molar-refractivity contribution is 9.10. The average molecular weight is 446 g/mol. The van der Waals surface area contributed by atoms with Crippen molar-refractivity contribution in [1.82, 2.24) is 9.99 Å². The van der Waals surface area contributed by atoms with Crippen molar-refractivity contribution in [3.63, 3.8) is 0 Å². The molecule has 4 nitrogen and oxygen atoms in total. The second kappa shape index (κ2) is 8.45. The molecule has 0 aliphatic carbocycles. The molecule has 0 bridgehead atoms. The number of rotatable bonds is 5. The summed E-state index contributed by atoms with van der Waals surface area (Å²) < 4.78 is 2.96. The molecule has 1 N–H and O–H groups in total. The molecule has 0 unspecified atom stereocenters. The quantitative estimate of drug-likeness (QED) is 0.318. The van der Waals surface area contributed by atoms with Crippen molar-refractivity contribution >= 4 is 39.0 Å². The highest BCUT2D eigenvalue weighted by Crippen LogP contribution is 2.22. The van der Waals surface area contributed by atoms with E-state index in [4.69, 9.17) is 0 Å². The molecule has 144 valence electrons. The summed E-state index contributed by atoms with van der Waals surface area (Å²) in [5.41, 5.74) is 7.80. The number of aromatic nitrogens is 1. The van der Waals surface area contributed by atoms with Gasteiger partial charge in [0, 0.05) is 33.7 Å². The van der Waals surface area contributed by atoms with Crippen LogP contribution >= 0.6 is 15.9 Å². The first-order valence-corrected chi connectivity index (χ1v) is 10.1. The molecule has 0 radical (unpaired) electrons.